The van der Waals surface area contributed by atoms with Crippen LogP contribution in [0.25, 0.3) is 5.82 Å². The average Bonchev–Trinajstić information content (AvgIpc) is 3.35. The first-order chi connectivity index (χ1) is 11.7. The van der Waals surface area contributed by atoms with Crippen LogP contribution in [0.2, 0.25) is 0 Å². The molecule has 4 heterocycles. The van der Waals surface area contributed by atoms with Crippen molar-refractivity contribution in [3.63, 3.8) is 0 Å². The predicted molar refractivity (Wildman–Crippen MR) is 87.6 cm³/mol. The standard InChI is InChI=1S/C17H18N6O/c1-21-11-14(10-20-21)15-3-2-7-23(15)17(24)13-4-5-19-16(9-13)22-8-6-18-12-22/h4-6,8-12,15H,2-3,7H2,1H3/t15-/m0/s1. The number of rotatable bonds is 3. The number of aromatic nitrogens is 5. The van der Waals surface area contributed by atoms with Gasteiger partial charge in [0.15, 0.2) is 0 Å². The van der Waals surface area contributed by atoms with Crippen molar-refractivity contribution in [3.05, 3.63) is 60.6 Å². The second kappa shape index (κ2) is 5.92. The van der Waals surface area contributed by atoms with E-state index in [1.165, 1.54) is 0 Å². The van der Waals surface area contributed by atoms with E-state index in [1.54, 1.807) is 34.0 Å². The number of amides is 1. The number of likely N-dealkylation sites (tertiary alicyclic amines) is 1. The lowest BCUT2D eigenvalue weighted by atomic mass is 10.1. The van der Waals surface area contributed by atoms with Gasteiger partial charge in [-0.2, -0.15) is 5.10 Å². The quantitative estimate of drug-likeness (QED) is 0.739. The molecular formula is C17H18N6O. The summed E-state index contributed by atoms with van der Waals surface area (Å²) in [5, 5.41) is 4.23. The van der Waals surface area contributed by atoms with Crippen molar-refractivity contribution in [2.24, 2.45) is 7.05 Å². The maximum absolute atomic E-state index is 13.0. The fourth-order valence-electron chi connectivity index (χ4n) is 3.22. The van der Waals surface area contributed by atoms with Gasteiger partial charge in [0.1, 0.15) is 12.1 Å². The predicted octanol–water partition coefficient (Wildman–Crippen LogP) is 1.98. The van der Waals surface area contributed by atoms with Gasteiger partial charge in [0, 0.05) is 49.5 Å². The van der Waals surface area contributed by atoms with Crippen LogP contribution in [0.4, 0.5) is 0 Å². The minimum Gasteiger partial charge on any atom is -0.331 e. The Balaban J connectivity index is 1.62. The van der Waals surface area contributed by atoms with Crippen molar-refractivity contribution in [1.82, 2.24) is 29.2 Å². The van der Waals surface area contributed by atoms with Gasteiger partial charge in [-0.15, -0.1) is 0 Å². The van der Waals surface area contributed by atoms with Crippen molar-refractivity contribution in [2.45, 2.75) is 18.9 Å². The fourth-order valence-corrected chi connectivity index (χ4v) is 3.22. The lowest BCUT2D eigenvalue weighted by molar-refractivity contribution is 0.0735. The molecule has 3 aromatic heterocycles. The van der Waals surface area contributed by atoms with Crippen LogP contribution in [0.1, 0.15) is 34.8 Å². The number of nitrogens with zero attached hydrogens (tertiary/aromatic N) is 6. The Kier molecular flexibility index (Phi) is 3.60. The van der Waals surface area contributed by atoms with Crippen LogP contribution in [0.5, 0.6) is 0 Å². The molecule has 122 valence electrons. The summed E-state index contributed by atoms with van der Waals surface area (Å²) < 4.78 is 3.57. The smallest absolute Gasteiger partial charge is 0.254 e. The van der Waals surface area contributed by atoms with Gasteiger partial charge < -0.3 is 4.90 Å². The molecule has 1 fully saturated rings. The van der Waals surface area contributed by atoms with E-state index in [1.807, 2.05) is 36.6 Å². The van der Waals surface area contributed by atoms with E-state index >= 15 is 0 Å². The molecule has 1 atom stereocenters. The fraction of sp³-hybridized carbons (Fsp3) is 0.294. The van der Waals surface area contributed by atoms with E-state index in [9.17, 15) is 4.79 Å². The van der Waals surface area contributed by atoms with Crippen LogP contribution in [-0.4, -0.2) is 41.7 Å². The highest BCUT2D eigenvalue weighted by Crippen LogP contribution is 2.32. The zero-order valence-corrected chi connectivity index (χ0v) is 13.4. The number of carbonyl (C=O) groups excluding carboxylic acids is 1. The third-order valence-electron chi connectivity index (χ3n) is 4.38. The summed E-state index contributed by atoms with van der Waals surface area (Å²) in [7, 11) is 1.89. The highest BCUT2D eigenvalue weighted by atomic mass is 16.2. The molecule has 3 aromatic rings. The zero-order chi connectivity index (χ0) is 16.5. The van der Waals surface area contributed by atoms with E-state index in [0.29, 0.717) is 11.4 Å². The Morgan fingerprint density at radius 1 is 1.33 bits per heavy atom. The Morgan fingerprint density at radius 2 is 2.25 bits per heavy atom. The number of hydrogen-bond donors (Lipinski definition) is 0. The van der Waals surface area contributed by atoms with Crippen molar-refractivity contribution in [1.29, 1.82) is 0 Å². The molecule has 1 amide bonds. The third kappa shape index (κ3) is 2.58. The molecule has 0 aliphatic carbocycles. The highest BCUT2D eigenvalue weighted by molar-refractivity contribution is 5.95. The molecule has 1 saturated heterocycles. The molecule has 0 radical (unpaired) electrons. The minimum absolute atomic E-state index is 0.0325. The second-order valence-electron chi connectivity index (χ2n) is 5.98. The van der Waals surface area contributed by atoms with Gasteiger partial charge >= 0.3 is 0 Å². The van der Waals surface area contributed by atoms with Crippen molar-refractivity contribution >= 4 is 5.91 Å². The molecule has 0 N–H and O–H groups in total. The second-order valence-corrected chi connectivity index (χ2v) is 5.98. The Labute approximate surface area is 139 Å². The van der Waals surface area contributed by atoms with E-state index in [4.69, 9.17) is 0 Å². The van der Waals surface area contributed by atoms with E-state index < -0.39 is 0 Å². The van der Waals surface area contributed by atoms with Crippen LogP contribution >= 0.6 is 0 Å². The monoisotopic (exact) mass is 322 g/mol. The number of hydrogen-bond acceptors (Lipinski definition) is 4. The Morgan fingerprint density at radius 3 is 3.00 bits per heavy atom. The van der Waals surface area contributed by atoms with Crippen LogP contribution in [0.3, 0.4) is 0 Å². The summed E-state index contributed by atoms with van der Waals surface area (Å²) >= 11 is 0. The molecule has 0 spiro atoms. The first kappa shape index (κ1) is 14.6. The summed E-state index contributed by atoms with van der Waals surface area (Å²) in [6.07, 6.45) is 12.6. The van der Waals surface area contributed by atoms with Gasteiger partial charge in [-0.25, -0.2) is 9.97 Å². The van der Waals surface area contributed by atoms with Crippen LogP contribution in [-0.2, 0) is 7.05 Å². The van der Waals surface area contributed by atoms with E-state index in [2.05, 4.69) is 15.1 Å². The van der Waals surface area contributed by atoms with E-state index in [-0.39, 0.29) is 11.9 Å². The maximum Gasteiger partial charge on any atom is 0.254 e. The van der Waals surface area contributed by atoms with Gasteiger partial charge in [-0.3, -0.25) is 14.0 Å². The summed E-state index contributed by atoms with van der Waals surface area (Å²) in [6, 6.07) is 3.67. The molecule has 0 unspecified atom stereocenters. The molecular weight excluding hydrogens is 304 g/mol. The van der Waals surface area contributed by atoms with E-state index in [0.717, 1.165) is 24.9 Å². The van der Waals surface area contributed by atoms with Gasteiger partial charge in [-0.05, 0) is 25.0 Å². The van der Waals surface area contributed by atoms with Crippen LogP contribution in [0.15, 0.2) is 49.4 Å². The molecule has 0 saturated carbocycles. The van der Waals surface area contributed by atoms with Crippen LogP contribution in [0, 0.1) is 0 Å². The summed E-state index contributed by atoms with van der Waals surface area (Å²) in [5.41, 5.74) is 1.73. The number of aryl methyl sites for hydroxylation is 1. The molecule has 24 heavy (non-hydrogen) atoms. The Hall–Kier alpha value is -2.96. The lowest BCUT2D eigenvalue weighted by Gasteiger charge is -2.24. The van der Waals surface area contributed by atoms with Gasteiger partial charge in [0.05, 0.1) is 12.2 Å². The topological polar surface area (TPSA) is 68.8 Å². The molecule has 7 heteroatoms. The number of carbonyl (C=O) groups is 1. The first-order valence-electron chi connectivity index (χ1n) is 7.96. The summed E-state index contributed by atoms with van der Waals surface area (Å²) in [4.78, 5) is 23.3. The van der Waals surface area contributed by atoms with Crippen molar-refractivity contribution in [2.75, 3.05) is 6.54 Å². The largest absolute Gasteiger partial charge is 0.331 e. The minimum atomic E-state index is 0.0325. The number of imidazole rings is 1. The van der Waals surface area contributed by atoms with Crippen LogP contribution < -0.4 is 0 Å². The van der Waals surface area contributed by atoms with Crippen molar-refractivity contribution in [3.8, 4) is 5.82 Å². The molecule has 4 rings (SSSR count). The third-order valence-corrected chi connectivity index (χ3v) is 4.38. The summed E-state index contributed by atoms with van der Waals surface area (Å²) in [5.74, 6) is 0.723. The highest BCUT2D eigenvalue weighted by Gasteiger charge is 2.31. The van der Waals surface area contributed by atoms with Gasteiger partial charge in [0.2, 0.25) is 0 Å². The van der Waals surface area contributed by atoms with Gasteiger partial charge in [-0.1, -0.05) is 0 Å². The van der Waals surface area contributed by atoms with Crippen molar-refractivity contribution < 1.29 is 4.79 Å². The number of pyridine rings is 1. The van der Waals surface area contributed by atoms with Gasteiger partial charge in [0.25, 0.3) is 5.91 Å². The SMILES string of the molecule is Cn1cc([C@@H]2CCCN2C(=O)c2ccnc(-n3ccnc3)c2)cn1. The maximum atomic E-state index is 13.0. The average molecular weight is 322 g/mol. The summed E-state index contributed by atoms with van der Waals surface area (Å²) in [6.45, 7) is 0.765. The molecule has 1 aliphatic heterocycles. The normalized spacial score (nSPS) is 17.4. The molecule has 1 aliphatic rings. The first-order valence-corrected chi connectivity index (χ1v) is 7.96. The lowest BCUT2D eigenvalue weighted by Crippen LogP contribution is -2.30. The molecule has 0 aromatic carbocycles. The molecule has 7 nitrogen and oxygen atoms in total. The Bertz CT molecular complexity index is 854. The molecule has 0 bridgehead atoms. The zero-order valence-electron chi connectivity index (χ0n) is 13.4.